The molecule has 0 spiro atoms. The lowest BCUT2D eigenvalue weighted by Crippen LogP contribution is -2.15. The van der Waals surface area contributed by atoms with Crippen molar-refractivity contribution in [3.05, 3.63) is 70.5 Å². The molecule has 4 rings (SSSR count). The highest BCUT2D eigenvalue weighted by atomic mass is 35.5. The standard InChI is InChI=1S/C20H17ClN4O2S2/c1-13-10-14(21)6-7-16(13)22-18(26)12-29-20-24-23-19(17-5-3-9-28-17)25(20)11-15-4-2-8-27-15/h2-10H,11-12H2,1H3,(H,22,26). The van der Waals surface area contributed by atoms with Gasteiger partial charge in [0.05, 0.1) is 23.4 Å². The molecule has 148 valence electrons. The molecule has 9 heteroatoms. The number of hydrogen-bond donors (Lipinski definition) is 1. The number of nitrogens with one attached hydrogen (secondary N) is 1. The van der Waals surface area contributed by atoms with Crippen LogP contribution in [0.3, 0.4) is 0 Å². The van der Waals surface area contributed by atoms with E-state index in [1.54, 1.807) is 29.7 Å². The van der Waals surface area contributed by atoms with Gasteiger partial charge in [-0.2, -0.15) is 0 Å². The van der Waals surface area contributed by atoms with Crippen LogP contribution in [0.15, 0.2) is 63.7 Å². The van der Waals surface area contributed by atoms with E-state index in [-0.39, 0.29) is 11.7 Å². The number of thiophene rings is 1. The number of nitrogens with zero attached hydrogens (tertiary/aromatic N) is 3. The van der Waals surface area contributed by atoms with Gasteiger partial charge in [0.15, 0.2) is 11.0 Å². The van der Waals surface area contributed by atoms with Crippen LogP contribution in [0.1, 0.15) is 11.3 Å². The van der Waals surface area contributed by atoms with Crippen molar-refractivity contribution in [1.29, 1.82) is 0 Å². The zero-order valence-corrected chi connectivity index (χ0v) is 17.9. The third-order valence-corrected chi connectivity index (χ3v) is 6.22. The number of amides is 1. The number of hydrogen-bond acceptors (Lipinski definition) is 6. The van der Waals surface area contributed by atoms with E-state index in [1.165, 1.54) is 11.8 Å². The minimum Gasteiger partial charge on any atom is -0.467 e. The van der Waals surface area contributed by atoms with E-state index < -0.39 is 0 Å². The minimum absolute atomic E-state index is 0.120. The molecule has 6 nitrogen and oxygen atoms in total. The van der Waals surface area contributed by atoms with Crippen LogP contribution in [0.25, 0.3) is 10.7 Å². The van der Waals surface area contributed by atoms with Gasteiger partial charge in [-0.15, -0.1) is 21.5 Å². The van der Waals surface area contributed by atoms with E-state index in [4.69, 9.17) is 16.0 Å². The van der Waals surface area contributed by atoms with Crippen molar-refractivity contribution >= 4 is 46.3 Å². The molecule has 1 amide bonds. The van der Waals surface area contributed by atoms with Crippen LogP contribution >= 0.6 is 34.7 Å². The van der Waals surface area contributed by atoms with Crippen LogP contribution in [-0.4, -0.2) is 26.4 Å². The first-order valence-electron chi connectivity index (χ1n) is 8.78. The third-order valence-electron chi connectivity index (χ3n) is 4.15. The lowest BCUT2D eigenvalue weighted by Gasteiger charge is -2.10. The number of aromatic nitrogens is 3. The average molecular weight is 445 g/mol. The number of anilines is 1. The van der Waals surface area contributed by atoms with Crippen molar-refractivity contribution in [3.8, 4) is 10.7 Å². The Bertz CT molecular complexity index is 1110. The quantitative estimate of drug-likeness (QED) is 0.389. The fourth-order valence-corrected chi connectivity index (χ4v) is 4.45. The highest BCUT2D eigenvalue weighted by molar-refractivity contribution is 7.99. The summed E-state index contributed by atoms with van der Waals surface area (Å²) in [4.78, 5) is 13.5. The second kappa shape index (κ2) is 8.86. The number of benzene rings is 1. The first kappa shape index (κ1) is 19.8. The van der Waals surface area contributed by atoms with Gasteiger partial charge >= 0.3 is 0 Å². The van der Waals surface area contributed by atoms with Crippen molar-refractivity contribution < 1.29 is 9.21 Å². The fourth-order valence-electron chi connectivity index (χ4n) is 2.77. The van der Waals surface area contributed by atoms with Crippen LogP contribution in [-0.2, 0) is 11.3 Å². The van der Waals surface area contributed by atoms with Crippen molar-refractivity contribution in [2.45, 2.75) is 18.6 Å². The maximum Gasteiger partial charge on any atom is 0.234 e. The Morgan fingerprint density at radius 3 is 2.90 bits per heavy atom. The normalized spacial score (nSPS) is 11.0. The zero-order chi connectivity index (χ0) is 20.2. The summed E-state index contributed by atoms with van der Waals surface area (Å²) in [5.74, 6) is 1.65. The molecule has 3 aromatic heterocycles. The summed E-state index contributed by atoms with van der Waals surface area (Å²) in [5.41, 5.74) is 1.66. The monoisotopic (exact) mass is 444 g/mol. The number of halogens is 1. The molecule has 0 aliphatic carbocycles. The SMILES string of the molecule is Cc1cc(Cl)ccc1NC(=O)CSc1nnc(-c2cccs2)n1Cc1ccco1. The molecule has 0 saturated carbocycles. The highest BCUT2D eigenvalue weighted by Crippen LogP contribution is 2.28. The van der Waals surface area contributed by atoms with Gasteiger partial charge in [0.1, 0.15) is 5.76 Å². The van der Waals surface area contributed by atoms with E-state index >= 15 is 0 Å². The van der Waals surface area contributed by atoms with Crippen molar-refractivity contribution in [3.63, 3.8) is 0 Å². The first-order chi connectivity index (χ1) is 14.1. The number of carbonyl (C=O) groups excluding carboxylic acids is 1. The molecule has 0 atom stereocenters. The molecule has 0 bridgehead atoms. The number of furan rings is 1. The van der Waals surface area contributed by atoms with Gasteiger partial charge < -0.3 is 9.73 Å². The summed E-state index contributed by atoms with van der Waals surface area (Å²) in [5, 5.41) is 14.9. The Kier molecular flexibility index (Phi) is 6.03. The van der Waals surface area contributed by atoms with Gasteiger partial charge in [-0.05, 0) is 54.3 Å². The summed E-state index contributed by atoms with van der Waals surface area (Å²) in [6.07, 6.45) is 1.64. The van der Waals surface area contributed by atoms with Crippen LogP contribution in [0.4, 0.5) is 5.69 Å². The van der Waals surface area contributed by atoms with Gasteiger partial charge in [-0.1, -0.05) is 29.4 Å². The molecule has 0 unspecified atom stereocenters. The lowest BCUT2D eigenvalue weighted by atomic mass is 10.2. The Morgan fingerprint density at radius 2 is 2.17 bits per heavy atom. The molecule has 0 radical (unpaired) electrons. The molecule has 29 heavy (non-hydrogen) atoms. The van der Waals surface area contributed by atoms with Gasteiger partial charge in [0, 0.05) is 10.7 Å². The van der Waals surface area contributed by atoms with Crippen molar-refractivity contribution in [2.75, 3.05) is 11.1 Å². The Morgan fingerprint density at radius 1 is 1.28 bits per heavy atom. The molecule has 0 saturated heterocycles. The summed E-state index contributed by atoms with van der Waals surface area (Å²) in [6, 6.07) is 13.1. The Hall–Kier alpha value is -2.55. The van der Waals surface area contributed by atoms with E-state index in [1.807, 2.05) is 47.2 Å². The van der Waals surface area contributed by atoms with Crippen LogP contribution in [0.2, 0.25) is 5.02 Å². The van der Waals surface area contributed by atoms with Crippen molar-refractivity contribution in [1.82, 2.24) is 14.8 Å². The molecule has 0 aliphatic heterocycles. The number of thioether (sulfide) groups is 1. The molecular weight excluding hydrogens is 428 g/mol. The predicted molar refractivity (Wildman–Crippen MR) is 117 cm³/mol. The zero-order valence-electron chi connectivity index (χ0n) is 15.5. The molecule has 1 aromatic carbocycles. The molecule has 0 aliphatic rings. The number of rotatable bonds is 7. The van der Waals surface area contributed by atoms with Gasteiger partial charge in [-0.25, -0.2) is 0 Å². The summed E-state index contributed by atoms with van der Waals surface area (Å²) < 4.78 is 7.46. The Labute approximate surface area is 180 Å². The fraction of sp³-hybridized carbons (Fsp3) is 0.150. The van der Waals surface area contributed by atoms with Gasteiger partial charge in [-0.3, -0.25) is 9.36 Å². The average Bonchev–Trinajstić information content (AvgIpc) is 3.45. The van der Waals surface area contributed by atoms with Gasteiger partial charge in [0.2, 0.25) is 5.91 Å². The number of aryl methyl sites for hydroxylation is 1. The minimum atomic E-state index is -0.120. The van der Waals surface area contributed by atoms with Gasteiger partial charge in [0.25, 0.3) is 0 Å². The maximum atomic E-state index is 12.4. The molecule has 1 N–H and O–H groups in total. The molecule has 0 fully saturated rings. The predicted octanol–water partition coefficient (Wildman–Crippen LogP) is 5.34. The first-order valence-corrected chi connectivity index (χ1v) is 11.0. The largest absolute Gasteiger partial charge is 0.467 e. The summed E-state index contributed by atoms with van der Waals surface area (Å²) >= 11 is 8.90. The van der Waals surface area contributed by atoms with E-state index in [9.17, 15) is 4.79 Å². The van der Waals surface area contributed by atoms with Crippen LogP contribution in [0, 0.1) is 6.92 Å². The summed E-state index contributed by atoms with van der Waals surface area (Å²) in [6.45, 7) is 2.40. The molecule has 4 aromatic rings. The maximum absolute atomic E-state index is 12.4. The van der Waals surface area contributed by atoms with Crippen LogP contribution < -0.4 is 5.32 Å². The number of carbonyl (C=O) groups is 1. The van der Waals surface area contributed by atoms with Crippen molar-refractivity contribution in [2.24, 2.45) is 0 Å². The third kappa shape index (κ3) is 4.72. The highest BCUT2D eigenvalue weighted by Gasteiger charge is 2.18. The van der Waals surface area contributed by atoms with E-state index in [2.05, 4.69) is 15.5 Å². The van der Waals surface area contributed by atoms with E-state index in [0.717, 1.165) is 27.7 Å². The second-order valence-corrected chi connectivity index (χ2v) is 8.57. The lowest BCUT2D eigenvalue weighted by molar-refractivity contribution is -0.113. The smallest absolute Gasteiger partial charge is 0.234 e. The molecular formula is C20H17ClN4O2S2. The van der Waals surface area contributed by atoms with Crippen LogP contribution in [0.5, 0.6) is 0 Å². The molecule has 3 heterocycles. The topological polar surface area (TPSA) is 73.0 Å². The summed E-state index contributed by atoms with van der Waals surface area (Å²) in [7, 11) is 0. The Balaban J connectivity index is 1.50. The second-order valence-electron chi connectivity index (χ2n) is 6.25. The van der Waals surface area contributed by atoms with E-state index in [0.29, 0.717) is 16.7 Å².